The van der Waals surface area contributed by atoms with Crippen LogP contribution in [0.15, 0.2) is 29.3 Å². The van der Waals surface area contributed by atoms with E-state index in [0.29, 0.717) is 12.3 Å². The fraction of sp³-hybridized carbons (Fsp3) is 0.182. The van der Waals surface area contributed by atoms with Crippen molar-refractivity contribution in [1.82, 2.24) is 0 Å². The van der Waals surface area contributed by atoms with E-state index in [2.05, 4.69) is 4.99 Å². The summed E-state index contributed by atoms with van der Waals surface area (Å²) >= 11 is -1.90. The van der Waals surface area contributed by atoms with Crippen molar-refractivity contribution in [2.45, 2.75) is 6.92 Å². The average Bonchev–Trinajstić information content (AvgIpc) is 2.27. The van der Waals surface area contributed by atoms with Gasteiger partial charge in [-0.05, 0) is 0 Å². The van der Waals surface area contributed by atoms with Crippen molar-refractivity contribution in [2.75, 3.05) is 6.61 Å². The van der Waals surface area contributed by atoms with E-state index in [-0.39, 0.29) is 0 Å². The number of hydrogen-bond acceptors (Lipinski definition) is 3. The number of esters is 1. The molecule has 1 rings (SSSR count). The second-order valence-corrected chi connectivity index (χ2v) is 8.60. The normalized spacial score (nSPS) is 11.4. The Morgan fingerprint density at radius 2 is 2.18 bits per heavy atom. The van der Waals surface area contributed by atoms with Gasteiger partial charge in [0.2, 0.25) is 0 Å². The molecule has 0 unspecified atom stereocenters. The quantitative estimate of drug-likeness (QED) is 0.470. The van der Waals surface area contributed by atoms with Gasteiger partial charge < -0.3 is 0 Å². The Bertz CT molecular complexity index is 457. The summed E-state index contributed by atoms with van der Waals surface area (Å²) in [5.74, 6) is -0.465. The van der Waals surface area contributed by atoms with E-state index < -0.39 is 19.5 Å². The van der Waals surface area contributed by atoms with Crippen LogP contribution in [0.5, 0.6) is 0 Å². The molecule has 0 saturated heterocycles. The minimum atomic E-state index is -1.90. The van der Waals surface area contributed by atoms with E-state index >= 15 is 0 Å². The molecule has 0 heterocycles. The number of carbonyl (C=O) groups excluding carboxylic acids is 1. The standard InChI is InChI=1S/C11H11NO2.2ClH.Ru/c1-3-14-11(13)8-12-10-7-5-4-6-9(10)2;;;/h2,4-8H,3H2,1H3;2*1H;/q;;;+2/p-2. The first-order chi connectivity index (χ1) is 8.13. The third-order valence-corrected chi connectivity index (χ3v) is 3.55. The van der Waals surface area contributed by atoms with Crippen LogP contribution in [0, 0.1) is 0 Å². The summed E-state index contributed by atoms with van der Waals surface area (Å²) in [4.78, 5) is 15.2. The molecule has 94 valence electrons. The predicted octanol–water partition coefficient (Wildman–Crippen LogP) is 3.03. The number of nitrogens with zero attached hydrogens (tertiary/aromatic N) is 1. The Labute approximate surface area is 113 Å². The van der Waals surface area contributed by atoms with Crippen LogP contribution in [-0.4, -0.2) is 23.4 Å². The fourth-order valence-corrected chi connectivity index (χ4v) is 2.89. The second kappa shape index (κ2) is 7.70. The van der Waals surface area contributed by atoms with Gasteiger partial charge in [-0.2, -0.15) is 0 Å². The van der Waals surface area contributed by atoms with Gasteiger partial charge in [-0.1, -0.05) is 0 Å². The third-order valence-electron chi connectivity index (χ3n) is 1.72. The first kappa shape index (κ1) is 14.5. The first-order valence-electron chi connectivity index (χ1n) is 4.76. The Hall–Kier alpha value is -0.567. The van der Waals surface area contributed by atoms with Crippen LogP contribution in [0.4, 0.5) is 5.69 Å². The molecule has 0 spiro atoms. The molecular formula is C11H11Cl2NO2Ru. The van der Waals surface area contributed by atoms with Gasteiger partial charge in [0.05, 0.1) is 0 Å². The van der Waals surface area contributed by atoms with Crippen molar-refractivity contribution in [3.8, 4) is 0 Å². The SMILES string of the molecule is CCOC(=O)C=Nc1ccccc1[CH]=[Ru]([Cl])[Cl]. The molecule has 0 aliphatic rings. The van der Waals surface area contributed by atoms with E-state index in [4.69, 9.17) is 24.1 Å². The van der Waals surface area contributed by atoms with Crippen molar-refractivity contribution in [3.05, 3.63) is 29.8 Å². The third kappa shape index (κ3) is 5.53. The van der Waals surface area contributed by atoms with Crippen LogP contribution in [0.25, 0.3) is 0 Å². The van der Waals surface area contributed by atoms with Crippen LogP contribution in [0.2, 0.25) is 0 Å². The molecular weight excluding hydrogens is 350 g/mol. The molecule has 6 heteroatoms. The van der Waals surface area contributed by atoms with E-state index in [1.54, 1.807) is 17.6 Å². The molecule has 1 aromatic carbocycles. The molecule has 0 fully saturated rings. The molecule has 0 bridgehead atoms. The minimum absolute atomic E-state index is 0.331. The van der Waals surface area contributed by atoms with Crippen molar-refractivity contribution >= 4 is 41.9 Å². The Balaban J connectivity index is 2.91. The molecule has 0 aromatic heterocycles. The van der Waals surface area contributed by atoms with Gasteiger partial charge in [-0.25, -0.2) is 0 Å². The summed E-state index contributed by atoms with van der Waals surface area (Å²) in [6.07, 6.45) is 1.15. The summed E-state index contributed by atoms with van der Waals surface area (Å²) in [5.41, 5.74) is 1.48. The summed E-state index contributed by atoms with van der Waals surface area (Å²) in [6, 6.07) is 7.33. The zero-order valence-electron chi connectivity index (χ0n) is 9.04. The van der Waals surface area contributed by atoms with Crippen molar-refractivity contribution in [1.29, 1.82) is 0 Å². The van der Waals surface area contributed by atoms with Gasteiger partial charge in [-0.15, -0.1) is 0 Å². The number of hydrogen-bond donors (Lipinski definition) is 0. The Morgan fingerprint density at radius 3 is 2.82 bits per heavy atom. The molecule has 0 N–H and O–H groups in total. The number of benzene rings is 1. The van der Waals surface area contributed by atoms with Crippen LogP contribution in [0.3, 0.4) is 0 Å². The number of para-hydroxylation sites is 1. The summed E-state index contributed by atoms with van der Waals surface area (Å²) < 4.78 is 6.53. The fourth-order valence-electron chi connectivity index (χ4n) is 1.08. The predicted molar refractivity (Wildman–Crippen MR) is 68.1 cm³/mol. The van der Waals surface area contributed by atoms with Crippen LogP contribution in [0.1, 0.15) is 12.5 Å². The molecule has 0 amide bonds. The molecule has 0 saturated carbocycles. The number of halogens is 2. The number of carbonyl (C=O) groups is 1. The van der Waals surface area contributed by atoms with Gasteiger partial charge in [0.25, 0.3) is 0 Å². The van der Waals surface area contributed by atoms with E-state index in [1.165, 1.54) is 0 Å². The Morgan fingerprint density at radius 1 is 1.47 bits per heavy atom. The van der Waals surface area contributed by atoms with Gasteiger partial charge >= 0.3 is 113 Å². The molecule has 0 atom stereocenters. The second-order valence-electron chi connectivity index (χ2n) is 2.88. The van der Waals surface area contributed by atoms with Crippen molar-refractivity contribution < 1.29 is 23.0 Å². The number of aliphatic imine (C=N–C) groups is 1. The Kier molecular flexibility index (Phi) is 6.57. The zero-order chi connectivity index (χ0) is 12.7. The monoisotopic (exact) mass is 361 g/mol. The molecule has 3 nitrogen and oxygen atoms in total. The van der Waals surface area contributed by atoms with E-state index in [9.17, 15) is 4.79 Å². The van der Waals surface area contributed by atoms with E-state index in [0.717, 1.165) is 11.8 Å². The van der Waals surface area contributed by atoms with E-state index in [1.807, 2.05) is 18.2 Å². The molecule has 0 radical (unpaired) electrons. The van der Waals surface area contributed by atoms with Crippen molar-refractivity contribution in [2.24, 2.45) is 4.99 Å². The average molecular weight is 361 g/mol. The maximum absolute atomic E-state index is 11.1. The topological polar surface area (TPSA) is 38.7 Å². The van der Waals surface area contributed by atoms with Gasteiger partial charge in [0.15, 0.2) is 0 Å². The van der Waals surface area contributed by atoms with Crippen LogP contribution in [-0.2, 0) is 23.0 Å². The number of ether oxygens (including phenoxy) is 1. The van der Waals surface area contributed by atoms with Gasteiger partial charge in [0, 0.05) is 0 Å². The summed E-state index contributed by atoms with van der Waals surface area (Å²) in [6.45, 7) is 2.07. The van der Waals surface area contributed by atoms with Crippen LogP contribution < -0.4 is 0 Å². The molecule has 17 heavy (non-hydrogen) atoms. The van der Waals surface area contributed by atoms with Crippen LogP contribution >= 0.6 is 19.4 Å². The number of rotatable bonds is 4. The summed E-state index contributed by atoms with van der Waals surface area (Å²) in [7, 11) is 11.6. The molecule has 1 aromatic rings. The van der Waals surface area contributed by atoms with Crippen molar-refractivity contribution in [3.63, 3.8) is 0 Å². The maximum atomic E-state index is 11.1. The molecule has 0 aliphatic carbocycles. The summed E-state index contributed by atoms with van der Waals surface area (Å²) in [5, 5.41) is 0. The zero-order valence-corrected chi connectivity index (χ0v) is 12.3. The van der Waals surface area contributed by atoms with Gasteiger partial charge in [-0.3, -0.25) is 0 Å². The molecule has 0 aliphatic heterocycles. The first-order valence-corrected chi connectivity index (χ1v) is 10.2. The van der Waals surface area contributed by atoms with Gasteiger partial charge in [0.1, 0.15) is 0 Å².